The number of hydrogen-bond acceptors (Lipinski definition) is 5. The van der Waals surface area contributed by atoms with Gasteiger partial charge in [-0.2, -0.15) is 0 Å². The van der Waals surface area contributed by atoms with Crippen LogP contribution in [-0.4, -0.2) is 60.7 Å². The summed E-state index contributed by atoms with van der Waals surface area (Å²) >= 11 is 7.69. The topological polar surface area (TPSA) is 56.9 Å². The van der Waals surface area contributed by atoms with Gasteiger partial charge in [0, 0.05) is 56.8 Å². The highest BCUT2D eigenvalue weighted by atomic mass is 35.5. The van der Waals surface area contributed by atoms with Crippen molar-refractivity contribution in [3.63, 3.8) is 0 Å². The minimum absolute atomic E-state index is 0.823. The number of rotatable bonds is 5. The number of hydrogen-bond donors (Lipinski definition) is 1. The highest BCUT2D eigenvalue weighted by molar-refractivity contribution is 7.16. The smallest absolute Gasteiger partial charge is 0.193 e. The summed E-state index contributed by atoms with van der Waals surface area (Å²) in [6.07, 6.45) is 0.888. The Morgan fingerprint density at radius 2 is 2.08 bits per heavy atom. The van der Waals surface area contributed by atoms with E-state index < -0.39 is 0 Å². The molecule has 3 rings (SSSR count). The van der Waals surface area contributed by atoms with E-state index in [2.05, 4.69) is 31.3 Å². The molecule has 8 heteroatoms. The lowest BCUT2D eigenvalue weighted by molar-refractivity contribution is 0.174. The van der Waals surface area contributed by atoms with Crippen LogP contribution in [0.25, 0.3) is 0 Å². The zero-order valence-corrected chi connectivity index (χ0v) is 17.2. The number of aliphatic imine (C=N–C) groups is 1. The van der Waals surface area contributed by atoms with E-state index in [0.717, 1.165) is 67.4 Å². The molecule has 0 saturated carbocycles. The molecule has 1 fully saturated rings. The van der Waals surface area contributed by atoms with Crippen LogP contribution in [0.4, 0.5) is 0 Å². The minimum Gasteiger partial charge on any atom is -0.361 e. The number of nitrogens with one attached hydrogen (secondary N) is 1. The van der Waals surface area contributed by atoms with Gasteiger partial charge in [0.05, 0.1) is 10.0 Å². The fourth-order valence-electron chi connectivity index (χ4n) is 3.27. The first-order valence-electron chi connectivity index (χ1n) is 8.90. The van der Waals surface area contributed by atoms with E-state index in [9.17, 15) is 0 Å². The predicted octanol–water partition coefficient (Wildman–Crippen LogP) is 2.94. The molecule has 0 aromatic carbocycles. The summed E-state index contributed by atoms with van der Waals surface area (Å²) in [6.45, 7) is 9.76. The molecule has 6 nitrogen and oxygen atoms in total. The minimum atomic E-state index is 0.823. The van der Waals surface area contributed by atoms with E-state index in [-0.39, 0.29) is 0 Å². The zero-order valence-electron chi connectivity index (χ0n) is 15.6. The zero-order chi connectivity index (χ0) is 18.5. The molecule has 0 radical (unpaired) electrons. The molecule has 0 bridgehead atoms. The largest absolute Gasteiger partial charge is 0.361 e. The third-order valence-electron chi connectivity index (χ3n) is 4.73. The maximum Gasteiger partial charge on any atom is 0.193 e. The van der Waals surface area contributed by atoms with E-state index in [1.807, 2.05) is 27.0 Å². The Kier molecular flexibility index (Phi) is 6.56. The van der Waals surface area contributed by atoms with Crippen molar-refractivity contribution in [2.24, 2.45) is 4.99 Å². The van der Waals surface area contributed by atoms with Crippen molar-refractivity contribution < 1.29 is 4.52 Å². The van der Waals surface area contributed by atoms with Gasteiger partial charge in [-0.15, -0.1) is 11.3 Å². The number of thiophene rings is 1. The molecule has 0 amide bonds. The van der Waals surface area contributed by atoms with Gasteiger partial charge in [-0.1, -0.05) is 16.8 Å². The van der Waals surface area contributed by atoms with Gasteiger partial charge < -0.3 is 14.7 Å². The lowest BCUT2D eigenvalue weighted by Gasteiger charge is -2.36. The molecule has 0 unspecified atom stereocenters. The van der Waals surface area contributed by atoms with E-state index in [1.165, 1.54) is 10.4 Å². The van der Waals surface area contributed by atoms with Crippen LogP contribution in [0.15, 0.2) is 21.6 Å². The molecule has 2 aromatic heterocycles. The molecule has 0 atom stereocenters. The molecule has 2 aromatic rings. The second-order valence-corrected chi connectivity index (χ2v) is 8.30. The summed E-state index contributed by atoms with van der Waals surface area (Å²) in [7, 11) is 1.85. The lowest BCUT2D eigenvalue weighted by atomic mass is 10.1. The first kappa shape index (κ1) is 19.2. The average Bonchev–Trinajstić information content (AvgIpc) is 3.19. The third-order valence-corrected chi connectivity index (χ3v) is 5.95. The highest BCUT2D eigenvalue weighted by Gasteiger charge is 2.20. The number of aromatic nitrogens is 1. The van der Waals surface area contributed by atoms with Crippen LogP contribution < -0.4 is 5.32 Å². The average molecular weight is 396 g/mol. The Morgan fingerprint density at radius 1 is 1.31 bits per heavy atom. The van der Waals surface area contributed by atoms with Gasteiger partial charge in [-0.25, -0.2) is 0 Å². The molecule has 0 spiro atoms. The van der Waals surface area contributed by atoms with Crippen molar-refractivity contribution in [3.05, 3.63) is 38.4 Å². The van der Waals surface area contributed by atoms with E-state index in [1.54, 1.807) is 11.3 Å². The quantitative estimate of drug-likeness (QED) is 0.623. The Balaban J connectivity index is 1.44. The molecular formula is C18H26ClN5OS. The molecule has 0 aliphatic carbocycles. The summed E-state index contributed by atoms with van der Waals surface area (Å²) in [5, 5.41) is 7.48. The number of halogens is 1. The van der Waals surface area contributed by atoms with Crippen LogP contribution in [0.5, 0.6) is 0 Å². The molecule has 1 saturated heterocycles. The molecule has 1 aliphatic heterocycles. The van der Waals surface area contributed by atoms with Crippen molar-refractivity contribution in [3.8, 4) is 0 Å². The molecule has 1 N–H and O–H groups in total. The summed E-state index contributed by atoms with van der Waals surface area (Å²) in [4.78, 5) is 10.6. The van der Waals surface area contributed by atoms with Crippen LogP contribution in [0, 0.1) is 13.8 Å². The van der Waals surface area contributed by atoms with Crippen LogP contribution in [0.3, 0.4) is 0 Å². The Morgan fingerprint density at radius 3 is 2.65 bits per heavy atom. The van der Waals surface area contributed by atoms with Gasteiger partial charge in [-0.05, 0) is 32.4 Å². The Bertz CT molecular complexity index is 729. The third kappa shape index (κ3) is 4.78. The highest BCUT2D eigenvalue weighted by Crippen LogP contribution is 2.23. The Hall–Kier alpha value is -1.57. The summed E-state index contributed by atoms with van der Waals surface area (Å²) < 4.78 is 6.09. The normalized spacial score (nSPS) is 16.3. The summed E-state index contributed by atoms with van der Waals surface area (Å²) in [5.41, 5.74) is 2.16. The molecule has 1 aliphatic rings. The lowest BCUT2D eigenvalue weighted by Crippen LogP contribution is -2.52. The van der Waals surface area contributed by atoms with Gasteiger partial charge in [0.15, 0.2) is 5.96 Å². The molecule has 26 heavy (non-hydrogen) atoms. The fraction of sp³-hybridized carbons (Fsp3) is 0.556. The van der Waals surface area contributed by atoms with E-state index >= 15 is 0 Å². The predicted molar refractivity (Wildman–Crippen MR) is 107 cm³/mol. The number of piperazine rings is 1. The first-order valence-corrected chi connectivity index (χ1v) is 10.1. The second kappa shape index (κ2) is 8.88. The maximum atomic E-state index is 6.02. The van der Waals surface area contributed by atoms with Crippen LogP contribution in [0.1, 0.15) is 21.9 Å². The van der Waals surface area contributed by atoms with Crippen molar-refractivity contribution in [1.82, 2.24) is 20.3 Å². The van der Waals surface area contributed by atoms with Gasteiger partial charge >= 0.3 is 0 Å². The molecule has 142 valence electrons. The van der Waals surface area contributed by atoms with Gasteiger partial charge in [0.1, 0.15) is 5.76 Å². The summed E-state index contributed by atoms with van der Waals surface area (Å²) in [6, 6.07) is 4.09. The van der Waals surface area contributed by atoms with E-state index in [4.69, 9.17) is 16.1 Å². The SMILES string of the molecule is CN=C(NCCc1c(C)noc1C)N1CCN(Cc2ccc(Cl)s2)CC1. The van der Waals surface area contributed by atoms with Gasteiger partial charge in [0.2, 0.25) is 0 Å². The van der Waals surface area contributed by atoms with Crippen LogP contribution in [0.2, 0.25) is 4.34 Å². The fourth-order valence-corrected chi connectivity index (χ4v) is 4.40. The second-order valence-electron chi connectivity index (χ2n) is 6.50. The van der Waals surface area contributed by atoms with Crippen molar-refractivity contribution in [2.45, 2.75) is 26.8 Å². The molecular weight excluding hydrogens is 370 g/mol. The van der Waals surface area contributed by atoms with Gasteiger partial charge in [-0.3, -0.25) is 9.89 Å². The van der Waals surface area contributed by atoms with Gasteiger partial charge in [0.25, 0.3) is 0 Å². The number of guanidine groups is 1. The van der Waals surface area contributed by atoms with Crippen molar-refractivity contribution in [2.75, 3.05) is 39.8 Å². The monoisotopic (exact) mass is 395 g/mol. The number of aryl methyl sites for hydroxylation is 2. The van der Waals surface area contributed by atoms with Crippen LogP contribution in [-0.2, 0) is 13.0 Å². The number of nitrogens with zero attached hydrogens (tertiary/aromatic N) is 4. The first-order chi connectivity index (χ1) is 12.6. The van der Waals surface area contributed by atoms with E-state index in [0.29, 0.717) is 0 Å². The maximum absolute atomic E-state index is 6.02. The van der Waals surface area contributed by atoms with Crippen molar-refractivity contribution in [1.29, 1.82) is 0 Å². The standard InChI is InChI=1S/C18H26ClN5OS/c1-13-16(14(2)25-22-13)6-7-21-18(20-3)24-10-8-23(9-11-24)12-15-4-5-17(19)26-15/h4-5H,6-12H2,1-3H3,(H,20,21). The summed E-state index contributed by atoms with van der Waals surface area (Å²) in [5.74, 6) is 1.87. The van der Waals surface area contributed by atoms with Crippen LogP contribution >= 0.6 is 22.9 Å². The van der Waals surface area contributed by atoms with Crippen molar-refractivity contribution >= 4 is 28.9 Å². The molecule has 3 heterocycles. The Labute approximate surface area is 163 Å².